The van der Waals surface area contributed by atoms with Crippen molar-refractivity contribution in [2.45, 2.75) is 31.7 Å². The van der Waals surface area contributed by atoms with Crippen molar-refractivity contribution in [2.75, 3.05) is 36.9 Å². The molecule has 0 spiro atoms. The second-order valence-electron chi connectivity index (χ2n) is 5.46. The van der Waals surface area contributed by atoms with E-state index in [0.29, 0.717) is 38.0 Å². The third-order valence-corrected chi connectivity index (χ3v) is 3.77. The van der Waals surface area contributed by atoms with Crippen LogP contribution in [0, 0.1) is 0 Å². The van der Waals surface area contributed by atoms with E-state index in [9.17, 15) is 4.79 Å². The molecule has 1 aromatic rings. The van der Waals surface area contributed by atoms with E-state index in [4.69, 9.17) is 10.5 Å². The number of hydrogen-bond donors (Lipinski definition) is 2. The van der Waals surface area contributed by atoms with E-state index in [1.165, 1.54) is 0 Å². The second-order valence-corrected chi connectivity index (χ2v) is 5.46. The number of nitrogens with one attached hydrogen (secondary N) is 1. The summed E-state index contributed by atoms with van der Waals surface area (Å²) in [6.45, 7) is 4.08. The summed E-state index contributed by atoms with van der Waals surface area (Å²) >= 11 is 0. The molecule has 3 N–H and O–H groups in total. The molecular formula is C14H21N5O2. The maximum atomic E-state index is 12.2. The summed E-state index contributed by atoms with van der Waals surface area (Å²) in [6, 6.07) is 1.38. The topological polar surface area (TPSA) is 93.4 Å². The molecule has 21 heavy (non-hydrogen) atoms. The number of aromatic nitrogens is 2. The number of amides is 1. The number of nitrogens with zero attached hydrogens (tertiary/aromatic N) is 3. The first-order chi connectivity index (χ1) is 10.2. The van der Waals surface area contributed by atoms with Gasteiger partial charge in [0.2, 0.25) is 5.91 Å². The fraction of sp³-hybridized carbons (Fsp3) is 0.643. The first-order valence-corrected chi connectivity index (χ1v) is 7.45. The van der Waals surface area contributed by atoms with E-state index >= 15 is 0 Å². The molecule has 1 aliphatic heterocycles. The van der Waals surface area contributed by atoms with Crippen LogP contribution in [0.25, 0.3) is 0 Å². The second kappa shape index (κ2) is 5.85. The Labute approximate surface area is 123 Å². The summed E-state index contributed by atoms with van der Waals surface area (Å²) in [4.78, 5) is 23.1. The number of morpholine rings is 1. The average Bonchev–Trinajstić information content (AvgIpc) is 3.31. The van der Waals surface area contributed by atoms with Crippen molar-refractivity contribution >= 4 is 17.5 Å². The number of rotatable bonds is 4. The van der Waals surface area contributed by atoms with E-state index < -0.39 is 0 Å². The van der Waals surface area contributed by atoms with Crippen molar-refractivity contribution in [2.24, 2.45) is 0 Å². The highest BCUT2D eigenvalue weighted by Crippen LogP contribution is 2.39. The van der Waals surface area contributed by atoms with Gasteiger partial charge in [0.15, 0.2) is 0 Å². The van der Waals surface area contributed by atoms with E-state index in [2.05, 4.69) is 15.3 Å². The van der Waals surface area contributed by atoms with E-state index in [0.717, 1.165) is 24.5 Å². The molecule has 114 valence electrons. The summed E-state index contributed by atoms with van der Waals surface area (Å²) in [5, 5.41) is 2.84. The van der Waals surface area contributed by atoms with Crippen molar-refractivity contribution in [3.63, 3.8) is 0 Å². The van der Waals surface area contributed by atoms with Crippen LogP contribution in [-0.4, -0.2) is 48.2 Å². The van der Waals surface area contributed by atoms with Gasteiger partial charge in [0.05, 0.1) is 13.2 Å². The van der Waals surface area contributed by atoms with Crippen molar-refractivity contribution in [1.29, 1.82) is 0 Å². The van der Waals surface area contributed by atoms with Gasteiger partial charge < -0.3 is 20.7 Å². The Hall–Kier alpha value is -1.89. The van der Waals surface area contributed by atoms with Crippen LogP contribution in [0.3, 0.4) is 0 Å². The molecule has 2 fully saturated rings. The summed E-state index contributed by atoms with van der Waals surface area (Å²) in [7, 11) is 0. The standard InChI is InChI=1S/C14H21N5O2/c1-2-16-14(20)10-8-21-6-5-19(10)12-7-11(15)17-13(18-12)9-3-4-9/h7,9-10H,2-6,8H2,1H3,(H,16,20)(H2,15,17,18). The van der Waals surface area contributed by atoms with Crippen LogP contribution in [-0.2, 0) is 9.53 Å². The van der Waals surface area contributed by atoms with Crippen molar-refractivity contribution in [1.82, 2.24) is 15.3 Å². The minimum absolute atomic E-state index is 0.0395. The Morgan fingerprint density at radius 2 is 2.33 bits per heavy atom. The number of anilines is 2. The van der Waals surface area contributed by atoms with E-state index in [1.54, 1.807) is 6.07 Å². The van der Waals surface area contributed by atoms with Crippen LogP contribution >= 0.6 is 0 Å². The van der Waals surface area contributed by atoms with Crippen LogP contribution in [0.1, 0.15) is 31.5 Å². The fourth-order valence-electron chi connectivity index (χ4n) is 2.53. The molecule has 0 aromatic carbocycles. The molecule has 1 aromatic heterocycles. The highest BCUT2D eigenvalue weighted by atomic mass is 16.5. The van der Waals surface area contributed by atoms with E-state index in [1.807, 2.05) is 11.8 Å². The number of nitrogen functional groups attached to an aromatic ring is 1. The minimum Gasteiger partial charge on any atom is -0.384 e. The van der Waals surface area contributed by atoms with Crippen molar-refractivity contribution in [3.8, 4) is 0 Å². The molecular weight excluding hydrogens is 270 g/mol. The zero-order valence-electron chi connectivity index (χ0n) is 12.2. The molecule has 1 amide bonds. The summed E-state index contributed by atoms with van der Waals surface area (Å²) in [5.41, 5.74) is 5.90. The van der Waals surface area contributed by atoms with Gasteiger partial charge in [-0.05, 0) is 19.8 Å². The number of carbonyl (C=O) groups excluding carboxylic acids is 1. The van der Waals surface area contributed by atoms with Gasteiger partial charge in [0.1, 0.15) is 23.5 Å². The number of nitrogens with two attached hydrogens (primary N) is 1. The molecule has 3 rings (SSSR count). The molecule has 1 aliphatic carbocycles. The van der Waals surface area contributed by atoms with Gasteiger partial charge in [-0.2, -0.15) is 0 Å². The first-order valence-electron chi connectivity index (χ1n) is 7.45. The van der Waals surface area contributed by atoms with Gasteiger partial charge in [-0.25, -0.2) is 9.97 Å². The lowest BCUT2D eigenvalue weighted by atomic mass is 10.2. The Morgan fingerprint density at radius 3 is 3.05 bits per heavy atom. The lowest BCUT2D eigenvalue weighted by Crippen LogP contribution is -2.54. The van der Waals surface area contributed by atoms with Crippen LogP contribution < -0.4 is 16.0 Å². The molecule has 1 unspecified atom stereocenters. The summed E-state index contributed by atoms with van der Waals surface area (Å²) in [5.74, 6) is 2.37. The molecule has 0 radical (unpaired) electrons. The average molecular weight is 291 g/mol. The Morgan fingerprint density at radius 1 is 1.52 bits per heavy atom. The predicted octanol–water partition coefficient (Wildman–Crippen LogP) is 0.278. The van der Waals surface area contributed by atoms with Crippen LogP contribution in [0.4, 0.5) is 11.6 Å². The number of ether oxygens (including phenoxy) is 1. The third-order valence-electron chi connectivity index (χ3n) is 3.77. The number of likely N-dealkylation sites (N-methyl/N-ethyl adjacent to an activating group) is 1. The zero-order valence-corrected chi connectivity index (χ0v) is 12.2. The number of carbonyl (C=O) groups is 1. The largest absolute Gasteiger partial charge is 0.384 e. The van der Waals surface area contributed by atoms with Gasteiger partial charge in [0, 0.05) is 25.1 Å². The van der Waals surface area contributed by atoms with Gasteiger partial charge in [-0.3, -0.25) is 4.79 Å². The maximum Gasteiger partial charge on any atom is 0.245 e. The molecule has 7 nitrogen and oxygen atoms in total. The quantitative estimate of drug-likeness (QED) is 0.827. The van der Waals surface area contributed by atoms with Crippen molar-refractivity contribution < 1.29 is 9.53 Å². The molecule has 1 atom stereocenters. The molecule has 0 bridgehead atoms. The lowest BCUT2D eigenvalue weighted by molar-refractivity contribution is -0.124. The lowest BCUT2D eigenvalue weighted by Gasteiger charge is -2.35. The highest BCUT2D eigenvalue weighted by molar-refractivity contribution is 5.85. The van der Waals surface area contributed by atoms with Gasteiger partial charge in [0.25, 0.3) is 0 Å². The summed E-state index contributed by atoms with van der Waals surface area (Å²) in [6.07, 6.45) is 2.23. The third kappa shape index (κ3) is 3.07. The Bertz CT molecular complexity index is 532. The molecule has 2 heterocycles. The van der Waals surface area contributed by atoms with Gasteiger partial charge >= 0.3 is 0 Å². The molecule has 1 saturated heterocycles. The Balaban J connectivity index is 1.87. The maximum absolute atomic E-state index is 12.2. The van der Waals surface area contributed by atoms with Crippen LogP contribution in [0.15, 0.2) is 6.07 Å². The monoisotopic (exact) mass is 291 g/mol. The SMILES string of the molecule is CCNC(=O)C1COCCN1c1cc(N)nc(C2CC2)n1. The van der Waals surface area contributed by atoms with Gasteiger partial charge in [-0.15, -0.1) is 0 Å². The smallest absolute Gasteiger partial charge is 0.245 e. The normalized spacial score (nSPS) is 22.1. The molecule has 2 aliphatic rings. The first kappa shape index (κ1) is 14.1. The summed E-state index contributed by atoms with van der Waals surface area (Å²) < 4.78 is 5.44. The zero-order chi connectivity index (χ0) is 14.8. The van der Waals surface area contributed by atoms with Gasteiger partial charge in [-0.1, -0.05) is 0 Å². The van der Waals surface area contributed by atoms with Crippen molar-refractivity contribution in [3.05, 3.63) is 11.9 Å². The number of hydrogen-bond acceptors (Lipinski definition) is 6. The van der Waals surface area contributed by atoms with E-state index in [-0.39, 0.29) is 11.9 Å². The molecule has 7 heteroatoms. The van der Waals surface area contributed by atoms with Crippen LogP contribution in [0.5, 0.6) is 0 Å². The molecule has 1 saturated carbocycles. The van der Waals surface area contributed by atoms with Crippen LogP contribution in [0.2, 0.25) is 0 Å². The highest BCUT2D eigenvalue weighted by Gasteiger charge is 2.32. The predicted molar refractivity (Wildman–Crippen MR) is 79.1 cm³/mol. The fourth-order valence-corrected chi connectivity index (χ4v) is 2.53. The Kier molecular flexibility index (Phi) is 3.92. The minimum atomic E-state index is -0.361.